The molecule has 0 atom stereocenters. The Labute approximate surface area is 170 Å². The summed E-state index contributed by atoms with van der Waals surface area (Å²) in [5.74, 6) is -0.196. The molecule has 9 nitrogen and oxygen atoms in total. The monoisotopic (exact) mass is 399 g/mol. The van der Waals surface area contributed by atoms with Crippen LogP contribution in [0, 0.1) is 13.8 Å². The van der Waals surface area contributed by atoms with Gasteiger partial charge in [-0.05, 0) is 44.0 Å². The molecule has 2 amide bonds. The first-order valence-corrected chi connectivity index (χ1v) is 9.50. The summed E-state index contributed by atoms with van der Waals surface area (Å²) in [6, 6.07) is 9.18. The van der Waals surface area contributed by atoms with Crippen LogP contribution in [0.15, 0.2) is 35.3 Å². The average molecular weight is 399 g/mol. The molecule has 5 N–H and O–H groups in total. The Morgan fingerprint density at radius 3 is 2.45 bits per heavy atom. The summed E-state index contributed by atoms with van der Waals surface area (Å²) < 4.78 is 2.01. The molecule has 0 saturated heterocycles. The van der Waals surface area contributed by atoms with Crippen molar-refractivity contribution < 1.29 is 9.59 Å². The summed E-state index contributed by atoms with van der Waals surface area (Å²) in [5, 5.41) is 13.4. The van der Waals surface area contributed by atoms with Gasteiger partial charge in [0.2, 0.25) is 5.91 Å². The lowest BCUT2D eigenvalue weighted by Gasteiger charge is -2.12. The molecule has 1 aromatic heterocycles. The van der Waals surface area contributed by atoms with Gasteiger partial charge < -0.3 is 21.7 Å². The molecule has 0 aliphatic carbocycles. The third-order valence-corrected chi connectivity index (χ3v) is 4.27. The Hall–Kier alpha value is -3.36. The third-order valence-electron chi connectivity index (χ3n) is 4.27. The number of primary amides is 1. The summed E-state index contributed by atoms with van der Waals surface area (Å²) in [6.07, 6.45) is 0.928. The molecule has 1 heterocycles. The van der Waals surface area contributed by atoms with Crippen LogP contribution in [0.3, 0.4) is 0 Å². The van der Waals surface area contributed by atoms with Gasteiger partial charge in [0.05, 0.1) is 12.2 Å². The molecule has 0 fully saturated rings. The Morgan fingerprint density at radius 1 is 1.14 bits per heavy atom. The first-order chi connectivity index (χ1) is 13.9. The van der Waals surface area contributed by atoms with Crippen molar-refractivity contribution in [3.8, 4) is 0 Å². The molecule has 0 aliphatic heterocycles. The van der Waals surface area contributed by atoms with Crippen LogP contribution in [0.25, 0.3) is 0 Å². The predicted octanol–water partition coefficient (Wildman–Crippen LogP) is 0.470. The van der Waals surface area contributed by atoms with E-state index in [1.54, 1.807) is 19.2 Å². The minimum Gasteiger partial charge on any atom is -0.368 e. The van der Waals surface area contributed by atoms with Gasteiger partial charge in [0.15, 0.2) is 5.96 Å². The molecule has 0 spiro atoms. The second-order valence-corrected chi connectivity index (χ2v) is 6.70. The maximum atomic E-state index is 11.9. The van der Waals surface area contributed by atoms with Gasteiger partial charge in [-0.1, -0.05) is 12.1 Å². The van der Waals surface area contributed by atoms with E-state index in [0.29, 0.717) is 18.1 Å². The summed E-state index contributed by atoms with van der Waals surface area (Å²) in [5.41, 5.74) is 8.69. The topological polar surface area (TPSA) is 126 Å². The number of aryl methyl sites for hydroxylation is 3. The highest BCUT2D eigenvalue weighted by Gasteiger charge is 2.06. The number of rotatable bonds is 9. The summed E-state index contributed by atoms with van der Waals surface area (Å²) >= 11 is 0. The molecule has 156 valence electrons. The fraction of sp³-hybridized carbons (Fsp3) is 0.400. The fourth-order valence-corrected chi connectivity index (χ4v) is 2.79. The lowest BCUT2D eigenvalue weighted by atomic mass is 10.1. The zero-order valence-electron chi connectivity index (χ0n) is 17.2. The SMILES string of the molecule is CN=C(NCCCn1nc(C)cc1C)NCc1ccc(C(=O)NCC(N)=O)cc1. The van der Waals surface area contributed by atoms with Crippen molar-refractivity contribution in [2.45, 2.75) is 33.4 Å². The lowest BCUT2D eigenvalue weighted by Crippen LogP contribution is -2.37. The lowest BCUT2D eigenvalue weighted by molar-refractivity contribution is -0.117. The first kappa shape index (κ1) is 21.9. The highest BCUT2D eigenvalue weighted by atomic mass is 16.2. The number of aromatic nitrogens is 2. The molecule has 1 aromatic carbocycles. The van der Waals surface area contributed by atoms with Crippen LogP contribution in [-0.2, 0) is 17.9 Å². The zero-order chi connectivity index (χ0) is 21.2. The molecule has 9 heteroatoms. The van der Waals surface area contributed by atoms with E-state index in [2.05, 4.69) is 39.0 Å². The molecule has 29 heavy (non-hydrogen) atoms. The van der Waals surface area contributed by atoms with Crippen molar-refractivity contribution in [2.24, 2.45) is 10.7 Å². The number of guanidine groups is 1. The first-order valence-electron chi connectivity index (χ1n) is 9.50. The normalized spacial score (nSPS) is 11.2. The summed E-state index contributed by atoms with van der Waals surface area (Å²) in [4.78, 5) is 26.8. The van der Waals surface area contributed by atoms with Crippen LogP contribution in [0.1, 0.15) is 33.7 Å². The molecular formula is C20H29N7O2. The van der Waals surface area contributed by atoms with E-state index in [1.807, 2.05) is 23.7 Å². The van der Waals surface area contributed by atoms with Crippen molar-refractivity contribution in [1.82, 2.24) is 25.7 Å². The number of aliphatic imine (C=N–C) groups is 1. The van der Waals surface area contributed by atoms with Crippen LogP contribution >= 0.6 is 0 Å². The van der Waals surface area contributed by atoms with Gasteiger partial charge in [0.25, 0.3) is 5.91 Å². The van der Waals surface area contributed by atoms with Crippen molar-refractivity contribution in [1.29, 1.82) is 0 Å². The van der Waals surface area contributed by atoms with E-state index in [4.69, 9.17) is 5.73 Å². The maximum absolute atomic E-state index is 11.9. The number of benzene rings is 1. The summed E-state index contributed by atoms with van der Waals surface area (Å²) in [6.45, 7) is 6.07. The Kier molecular flexibility index (Phi) is 8.20. The van der Waals surface area contributed by atoms with Crippen molar-refractivity contribution in [3.63, 3.8) is 0 Å². The van der Waals surface area contributed by atoms with Gasteiger partial charge in [0.1, 0.15) is 0 Å². The predicted molar refractivity (Wildman–Crippen MR) is 112 cm³/mol. The van der Waals surface area contributed by atoms with E-state index < -0.39 is 5.91 Å². The van der Waals surface area contributed by atoms with E-state index in [9.17, 15) is 9.59 Å². The van der Waals surface area contributed by atoms with E-state index in [1.165, 1.54) is 0 Å². The largest absolute Gasteiger partial charge is 0.368 e. The van der Waals surface area contributed by atoms with Gasteiger partial charge in [-0.3, -0.25) is 19.3 Å². The second kappa shape index (κ2) is 10.8. The summed E-state index contributed by atoms with van der Waals surface area (Å²) in [7, 11) is 1.72. The Morgan fingerprint density at radius 2 is 1.86 bits per heavy atom. The third kappa shape index (κ3) is 7.28. The molecule has 0 unspecified atom stereocenters. The molecule has 2 rings (SSSR count). The number of hydrogen-bond donors (Lipinski definition) is 4. The van der Waals surface area contributed by atoms with Crippen LogP contribution < -0.4 is 21.7 Å². The Bertz CT molecular complexity index is 856. The molecular weight excluding hydrogens is 370 g/mol. The second-order valence-electron chi connectivity index (χ2n) is 6.70. The average Bonchev–Trinajstić information content (AvgIpc) is 3.03. The molecule has 0 aliphatic rings. The quantitative estimate of drug-likeness (QED) is 0.277. The fourth-order valence-electron chi connectivity index (χ4n) is 2.79. The van der Waals surface area contributed by atoms with Crippen LogP contribution in [0.5, 0.6) is 0 Å². The number of amides is 2. The zero-order valence-corrected chi connectivity index (χ0v) is 17.2. The van der Waals surface area contributed by atoms with Crippen LogP contribution in [0.2, 0.25) is 0 Å². The van der Waals surface area contributed by atoms with E-state index in [-0.39, 0.29) is 12.5 Å². The standard InChI is InChI=1S/C20H29N7O2/c1-14-11-15(2)27(26-14)10-4-9-23-20(22-3)25-12-16-5-7-17(8-6-16)19(29)24-13-18(21)28/h5-8,11H,4,9-10,12-13H2,1-3H3,(H2,21,28)(H,24,29)(H2,22,23,25). The van der Waals surface area contributed by atoms with Gasteiger partial charge in [-0.25, -0.2) is 0 Å². The van der Waals surface area contributed by atoms with Crippen LogP contribution in [-0.4, -0.2) is 47.7 Å². The van der Waals surface area contributed by atoms with Gasteiger partial charge >= 0.3 is 0 Å². The van der Waals surface area contributed by atoms with Gasteiger partial charge in [0, 0.05) is 37.9 Å². The smallest absolute Gasteiger partial charge is 0.251 e. The maximum Gasteiger partial charge on any atom is 0.251 e. The highest BCUT2D eigenvalue weighted by molar-refractivity contribution is 5.96. The number of carbonyl (C=O) groups is 2. The minimum atomic E-state index is -0.576. The number of carbonyl (C=O) groups excluding carboxylic acids is 2. The molecule has 0 bridgehead atoms. The number of nitrogens with two attached hydrogens (primary N) is 1. The molecule has 0 radical (unpaired) electrons. The van der Waals surface area contributed by atoms with E-state index >= 15 is 0 Å². The van der Waals surface area contributed by atoms with Crippen molar-refractivity contribution in [3.05, 3.63) is 52.8 Å². The van der Waals surface area contributed by atoms with Crippen molar-refractivity contribution >= 4 is 17.8 Å². The number of nitrogens with one attached hydrogen (secondary N) is 3. The van der Waals surface area contributed by atoms with Gasteiger partial charge in [-0.2, -0.15) is 5.10 Å². The molecule has 2 aromatic rings. The number of hydrogen-bond acceptors (Lipinski definition) is 4. The molecule has 0 saturated carbocycles. The Balaban J connectivity index is 1.73. The minimum absolute atomic E-state index is 0.177. The highest BCUT2D eigenvalue weighted by Crippen LogP contribution is 2.05. The van der Waals surface area contributed by atoms with Crippen molar-refractivity contribution in [2.75, 3.05) is 20.1 Å². The van der Waals surface area contributed by atoms with Gasteiger partial charge in [-0.15, -0.1) is 0 Å². The number of nitrogens with zero attached hydrogens (tertiary/aromatic N) is 3. The van der Waals surface area contributed by atoms with Crippen LogP contribution in [0.4, 0.5) is 0 Å². The van der Waals surface area contributed by atoms with E-state index in [0.717, 1.165) is 36.5 Å².